The van der Waals surface area contributed by atoms with Gasteiger partial charge in [-0.15, -0.1) is 0 Å². The lowest BCUT2D eigenvalue weighted by Gasteiger charge is -2.18. The van der Waals surface area contributed by atoms with Gasteiger partial charge in [0.2, 0.25) is 0 Å². The standard InChI is InChI=1S/C16H32Si/c1-7-8-9-10-13-16(17(4,5)6)14-11-12-15(2)3/h10,13-15H,7-9,11-12H2,1-6H3/b13-10+,16-14-. The molecule has 0 saturated carbocycles. The van der Waals surface area contributed by atoms with E-state index < -0.39 is 8.07 Å². The maximum atomic E-state index is 2.49. The van der Waals surface area contributed by atoms with Crippen LogP contribution in [0.15, 0.2) is 23.4 Å². The molecule has 0 aliphatic carbocycles. The SMILES string of the molecule is CCCC/C=C/C(=C/CCC(C)C)[Si](C)(C)C. The van der Waals surface area contributed by atoms with Crippen molar-refractivity contribution in [2.75, 3.05) is 0 Å². The summed E-state index contributed by atoms with van der Waals surface area (Å²) in [6, 6.07) is 0. The molecule has 0 amide bonds. The number of hydrogen-bond donors (Lipinski definition) is 0. The van der Waals surface area contributed by atoms with Crippen LogP contribution in [-0.2, 0) is 0 Å². The summed E-state index contributed by atoms with van der Waals surface area (Å²) in [6.07, 6.45) is 13.7. The highest BCUT2D eigenvalue weighted by molar-refractivity contribution is 6.83. The maximum Gasteiger partial charge on any atom is 0.0771 e. The van der Waals surface area contributed by atoms with Crippen LogP contribution in [-0.4, -0.2) is 8.07 Å². The molecular weight excluding hydrogens is 220 g/mol. The average Bonchev–Trinajstić information content (AvgIpc) is 2.19. The van der Waals surface area contributed by atoms with E-state index in [2.05, 4.69) is 58.6 Å². The Bertz CT molecular complexity index is 241. The zero-order chi connectivity index (χ0) is 13.3. The van der Waals surface area contributed by atoms with E-state index in [9.17, 15) is 0 Å². The van der Waals surface area contributed by atoms with Crippen LogP contribution in [0.2, 0.25) is 19.6 Å². The van der Waals surface area contributed by atoms with E-state index in [4.69, 9.17) is 0 Å². The first-order valence-corrected chi connectivity index (χ1v) is 10.7. The zero-order valence-electron chi connectivity index (χ0n) is 12.8. The van der Waals surface area contributed by atoms with Crippen molar-refractivity contribution in [1.29, 1.82) is 0 Å². The summed E-state index contributed by atoms with van der Waals surface area (Å²) in [5.74, 6) is 0.818. The highest BCUT2D eigenvalue weighted by Gasteiger charge is 2.16. The van der Waals surface area contributed by atoms with Crippen molar-refractivity contribution >= 4 is 8.07 Å². The lowest BCUT2D eigenvalue weighted by atomic mass is 10.1. The highest BCUT2D eigenvalue weighted by atomic mass is 28.3. The minimum Gasteiger partial charge on any atom is -0.0853 e. The molecule has 100 valence electrons. The largest absolute Gasteiger partial charge is 0.0853 e. The fourth-order valence-corrected chi connectivity index (χ4v) is 3.10. The Morgan fingerprint density at radius 1 is 1.12 bits per heavy atom. The second-order valence-electron chi connectivity index (χ2n) is 6.43. The van der Waals surface area contributed by atoms with Gasteiger partial charge in [-0.1, -0.05) is 76.7 Å². The first kappa shape index (κ1) is 16.7. The third kappa shape index (κ3) is 9.40. The van der Waals surface area contributed by atoms with E-state index in [1.54, 1.807) is 5.20 Å². The molecule has 0 aromatic rings. The summed E-state index contributed by atoms with van der Waals surface area (Å²) in [6.45, 7) is 14.2. The highest BCUT2D eigenvalue weighted by Crippen LogP contribution is 2.18. The van der Waals surface area contributed by atoms with Crippen LogP contribution in [0.4, 0.5) is 0 Å². The summed E-state index contributed by atoms with van der Waals surface area (Å²) >= 11 is 0. The van der Waals surface area contributed by atoms with E-state index in [1.807, 2.05) is 0 Å². The molecule has 0 rings (SSSR count). The van der Waals surface area contributed by atoms with Crippen molar-refractivity contribution in [3.63, 3.8) is 0 Å². The van der Waals surface area contributed by atoms with E-state index >= 15 is 0 Å². The number of unbranched alkanes of at least 4 members (excludes halogenated alkanes) is 2. The van der Waals surface area contributed by atoms with Crippen LogP contribution < -0.4 is 0 Å². The first-order chi connectivity index (χ1) is 7.88. The molecule has 0 heterocycles. The van der Waals surface area contributed by atoms with Crippen molar-refractivity contribution in [3.8, 4) is 0 Å². The van der Waals surface area contributed by atoms with Crippen LogP contribution in [0.1, 0.15) is 52.9 Å². The summed E-state index contributed by atoms with van der Waals surface area (Å²) in [4.78, 5) is 0. The molecule has 0 radical (unpaired) electrons. The molecule has 0 aliphatic rings. The monoisotopic (exact) mass is 252 g/mol. The van der Waals surface area contributed by atoms with Gasteiger partial charge in [-0.25, -0.2) is 0 Å². The lowest BCUT2D eigenvalue weighted by Crippen LogP contribution is -2.22. The molecule has 17 heavy (non-hydrogen) atoms. The molecule has 0 aromatic carbocycles. The Morgan fingerprint density at radius 2 is 1.76 bits per heavy atom. The minimum atomic E-state index is -1.14. The van der Waals surface area contributed by atoms with Crippen LogP contribution in [0.3, 0.4) is 0 Å². The van der Waals surface area contributed by atoms with E-state index in [1.165, 1.54) is 32.1 Å². The fraction of sp³-hybridized carbons (Fsp3) is 0.750. The lowest BCUT2D eigenvalue weighted by molar-refractivity contribution is 0.594. The van der Waals surface area contributed by atoms with E-state index in [0.29, 0.717) is 0 Å². The summed E-state index contributed by atoms with van der Waals surface area (Å²) in [5.41, 5.74) is 0. The van der Waals surface area contributed by atoms with Gasteiger partial charge in [0.05, 0.1) is 8.07 Å². The predicted molar refractivity (Wildman–Crippen MR) is 84.2 cm³/mol. The number of allylic oxidation sites excluding steroid dienone is 4. The molecule has 0 saturated heterocycles. The Hall–Kier alpha value is -0.303. The molecule has 0 atom stereocenters. The van der Waals surface area contributed by atoms with Crippen LogP contribution in [0.25, 0.3) is 0 Å². The van der Waals surface area contributed by atoms with Crippen molar-refractivity contribution in [2.45, 2.75) is 72.5 Å². The van der Waals surface area contributed by atoms with Gasteiger partial charge < -0.3 is 0 Å². The van der Waals surface area contributed by atoms with E-state index in [0.717, 1.165) is 5.92 Å². The van der Waals surface area contributed by atoms with Gasteiger partial charge in [0.1, 0.15) is 0 Å². The van der Waals surface area contributed by atoms with Crippen LogP contribution in [0, 0.1) is 5.92 Å². The molecule has 0 bridgehead atoms. The van der Waals surface area contributed by atoms with Crippen molar-refractivity contribution < 1.29 is 0 Å². The van der Waals surface area contributed by atoms with Crippen LogP contribution >= 0.6 is 0 Å². The first-order valence-electron chi connectivity index (χ1n) is 7.25. The van der Waals surface area contributed by atoms with Gasteiger partial charge in [-0.2, -0.15) is 0 Å². The summed E-state index contributed by atoms with van der Waals surface area (Å²) in [7, 11) is -1.14. The Morgan fingerprint density at radius 3 is 2.24 bits per heavy atom. The second kappa shape index (κ2) is 8.74. The van der Waals surface area contributed by atoms with Gasteiger partial charge in [0, 0.05) is 0 Å². The van der Waals surface area contributed by atoms with Crippen molar-refractivity contribution in [3.05, 3.63) is 23.4 Å². The van der Waals surface area contributed by atoms with Gasteiger partial charge in [-0.05, 0) is 25.2 Å². The predicted octanol–water partition coefficient (Wildman–Crippen LogP) is 5.97. The Balaban J connectivity index is 4.39. The Kier molecular flexibility index (Phi) is 8.58. The molecule has 0 nitrogen and oxygen atoms in total. The molecular formula is C16H32Si. The van der Waals surface area contributed by atoms with Gasteiger partial charge in [-0.3, -0.25) is 0 Å². The van der Waals surface area contributed by atoms with Gasteiger partial charge in [0.25, 0.3) is 0 Å². The maximum absolute atomic E-state index is 2.49. The molecule has 0 unspecified atom stereocenters. The average molecular weight is 253 g/mol. The van der Waals surface area contributed by atoms with Crippen molar-refractivity contribution in [1.82, 2.24) is 0 Å². The number of hydrogen-bond acceptors (Lipinski definition) is 0. The fourth-order valence-electron chi connectivity index (χ4n) is 1.73. The summed E-state index contributed by atoms with van der Waals surface area (Å²) < 4.78 is 0. The molecule has 0 N–H and O–H groups in total. The molecule has 0 spiro atoms. The normalized spacial score (nSPS) is 13.9. The molecule has 0 aliphatic heterocycles. The summed E-state index contributed by atoms with van der Waals surface area (Å²) in [5, 5.41) is 1.63. The third-order valence-electron chi connectivity index (χ3n) is 3.00. The zero-order valence-corrected chi connectivity index (χ0v) is 13.8. The minimum absolute atomic E-state index is 0.818. The quantitative estimate of drug-likeness (QED) is 0.283. The van der Waals surface area contributed by atoms with E-state index in [-0.39, 0.29) is 0 Å². The topological polar surface area (TPSA) is 0 Å². The molecule has 1 heteroatoms. The molecule has 0 aromatic heterocycles. The van der Waals surface area contributed by atoms with Crippen LogP contribution in [0.5, 0.6) is 0 Å². The van der Waals surface area contributed by atoms with Crippen molar-refractivity contribution in [2.24, 2.45) is 5.92 Å². The van der Waals surface area contributed by atoms with Gasteiger partial charge in [0.15, 0.2) is 0 Å². The smallest absolute Gasteiger partial charge is 0.0771 e. The second-order valence-corrected chi connectivity index (χ2v) is 11.5. The number of rotatable bonds is 8. The Labute approximate surface area is 110 Å². The third-order valence-corrected chi connectivity index (χ3v) is 5.10. The molecule has 0 fully saturated rings. The van der Waals surface area contributed by atoms with Gasteiger partial charge >= 0.3 is 0 Å².